The molecule has 2 unspecified atom stereocenters. The van der Waals surface area contributed by atoms with Crippen LogP contribution in [0.15, 0.2) is 22.7 Å². The summed E-state index contributed by atoms with van der Waals surface area (Å²) in [7, 11) is 4.33. The molecule has 2 atom stereocenters. The fourth-order valence-corrected chi connectivity index (χ4v) is 3.32. The van der Waals surface area contributed by atoms with Gasteiger partial charge in [-0.25, -0.2) is 0 Å². The first kappa shape index (κ1) is 13.8. The van der Waals surface area contributed by atoms with Crippen LogP contribution < -0.4 is 5.73 Å². The Hall–Kier alpha value is -0.580. The minimum Gasteiger partial charge on any atom is -0.398 e. The number of hydrogen-bond donors (Lipinski definition) is 1. The van der Waals surface area contributed by atoms with Crippen LogP contribution in [0, 0.1) is 5.92 Å². The molecular formula is C14H22BrN3. The first-order valence-corrected chi connectivity index (χ1v) is 7.20. The van der Waals surface area contributed by atoms with E-state index in [1.54, 1.807) is 0 Å². The Morgan fingerprint density at radius 2 is 2.11 bits per heavy atom. The molecule has 3 nitrogen and oxygen atoms in total. The normalized spacial score (nSPS) is 24.9. The van der Waals surface area contributed by atoms with Gasteiger partial charge in [0.15, 0.2) is 0 Å². The Balaban J connectivity index is 2.08. The van der Waals surface area contributed by atoms with Crippen molar-refractivity contribution in [1.82, 2.24) is 9.80 Å². The lowest BCUT2D eigenvalue weighted by atomic mass is 10.1. The minimum absolute atomic E-state index is 0.647. The van der Waals surface area contributed by atoms with Crippen LogP contribution in [-0.2, 0) is 6.54 Å². The molecule has 1 aliphatic rings. The van der Waals surface area contributed by atoms with Crippen LogP contribution >= 0.6 is 15.9 Å². The largest absolute Gasteiger partial charge is 0.398 e. The molecule has 1 aliphatic heterocycles. The van der Waals surface area contributed by atoms with E-state index in [1.165, 1.54) is 5.56 Å². The third-order valence-corrected chi connectivity index (χ3v) is 4.59. The molecule has 18 heavy (non-hydrogen) atoms. The van der Waals surface area contributed by atoms with Crippen LogP contribution in [0.3, 0.4) is 0 Å². The molecule has 0 bridgehead atoms. The summed E-state index contributed by atoms with van der Waals surface area (Å²) in [5, 5.41) is 0. The number of nitrogens with two attached hydrogens (primary N) is 1. The van der Waals surface area contributed by atoms with Gasteiger partial charge in [0.1, 0.15) is 0 Å². The van der Waals surface area contributed by atoms with E-state index < -0.39 is 0 Å². The lowest BCUT2D eigenvalue weighted by Crippen LogP contribution is -2.34. The van der Waals surface area contributed by atoms with Gasteiger partial charge >= 0.3 is 0 Å². The van der Waals surface area contributed by atoms with Crippen molar-refractivity contribution in [1.29, 1.82) is 0 Å². The number of likely N-dealkylation sites (tertiary alicyclic amines) is 1. The molecule has 0 aromatic heterocycles. The third kappa shape index (κ3) is 2.87. The summed E-state index contributed by atoms with van der Waals surface area (Å²) in [5.41, 5.74) is 8.15. The maximum atomic E-state index is 6.06. The van der Waals surface area contributed by atoms with Crippen LogP contribution in [0.4, 0.5) is 5.69 Å². The molecule has 2 rings (SSSR count). The fraction of sp³-hybridized carbons (Fsp3) is 0.571. The van der Waals surface area contributed by atoms with Gasteiger partial charge in [-0.1, -0.05) is 28.9 Å². The van der Waals surface area contributed by atoms with E-state index in [4.69, 9.17) is 5.73 Å². The molecule has 0 amide bonds. The summed E-state index contributed by atoms with van der Waals surface area (Å²) < 4.78 is 1.11. The van der Waals surface area contributed by atoms with Gasteiger partial charge in [-0.2, -0.15) is 0 Å². The van der Waals surface area contributed by atoms with Crippen LogP contribution in [0.5, 0.6) is 0 Å². The minimum atomic E-state index is 0.647. The van der Waals surface area contributed by atoms with E-state index in [1.807, 2.05) is 12.1 Å². The van der Waals surface area contributed by atoms with Gasteiger partial charge in [0.2, 0.25) is 0 Å². The quantitative estimate of drug-likeness (QED) is 0.870. The van der Waals surface area contributed by atoms with E-state index in [0.29, 0.717) is 12.0 Å². The van der Waals surface area contributed by atoms with Crippen molar-refractivity contribution < 1.29 is 0 Å². The molecular weight excluding hydrogens is 290 g/mol. The maximum absolute atomic E-state index is 6.06. The van der Waals surface area contributed by atoms with Gasteiger partial charge in [-0.3, -0.25) is 4.90 Å². The lowest BCUT2D eigenvalue weighted by molar-refractivity contribution is 0.250. The molecule has 2 N–H and O–H groups in total. The molecule has 1 aromatic carbocycles. The second-order valence-electron chi connectivity index (χ2n) is 5.51. The zero-order chi connectivity index (χ0) is 13.3. The molecule has 0 aliphatic carbocycles. The van der Waals surface area contributed by atoms with Crippen molar-refractivity contribution in [3.8, 4) is 0 Å². The molecule has 1 heterocycles. The molecule has 0 saturated carbocycles. The molecule has 100 valence electrons. The van der Waals surface area contributed by atoms with Crippen LogP contribution in [-0.4, -0.2) is 43.0 Å². The van der Waals surface area contributed by atoms with Gasteiger partial charge in [-0.15, -0.1) is 0 Å². The van der Waals surface area contributed by atoms with Crippen molar-refractivity contribution in [2.45, 2.75) is 19.5 Å². The predicted molar refractivity (Wildman–Crippen MR) is 80.5 cm³/mol. The molecule has 1 fully saturated rings. The zero-order valence-electron chi connectivity index (χ0n) is 11.4. The first-order valence-electron chi connectivity index (χ1n) is 6.40. The Kier molecular flexibility index (Phi) is 4.30. The fourth-order valence-electron chi connectivity index (χ4n) is 2.82. The molecule has 4 heteroatoms. The lowest BCUT2D eigenvalue weighted by Gasteiger charge is -2.23. The summed E-state index contributed by atoms with van der Waals surface area (Å²) in [6.07, 6.45) is 0. The first-order chi connectivity index (χ1) is 8.49. The van der Waals surface area contributed by atoms with Gasteiger partial charge in [0, 0.05) is 41.4 Å². The Morgan fingerprint density at radius 3 is 2.67 bits per heavy atom. The van der Waals surface area contributed by atoms with Crippen LogP contribution in [0.2, 0.25) is 0 Å². The van der Waals surface area contributed by atoms with Crippen molar-refractivity contribution in [3.05, 3.63) is 28.2 Å². The van der Waals surface area contributed by atoms with Crippen molar-refractivity contribution in [2.75, 3.05) is 32.9 Å². The average molecular weight is 312 g/mol. The van der Waals surface area contributed by atoms with E-state index in [9.17, 15) is 0 Å². The van der Waals surface area contributed by atoms with Gasteiger partial charge in [0.25, 0.3) is 0 Å². The highest BCUT2D eigenvalue weighted by Crippen LogP contribution is 2.27. The number of rotatable bonds is 3. The monoisotopic (exact) mass is 311 g/mol. The molecule has 1 saturated heterocycles. The second-order valence-corrected chi connectivity index (χ2v) is 6.36. The topological polar surface area (TPSA) is 32.5 Å². The van der Waals surface area contributed by atoms with E-state index in [0.717, 1.165) is 29.8 Å². The smallest absolute Gasteiger partial charge is 0.0371 e. The highest BCUT2D eigenvalue weighted by Gasteiger charge is 2.31. The number of nitrogen functional groups attached to an aromatic ring is 1. The summed E-state index contributed by atoms with van der Waals surface area (Å²) in [6, 6.07) is 6.67. The zero-order valence-corrected chi connectivity index (χ0v) is 12.9. The summed E-state index contributed by atoms with van der Waals surface area (Å²) in [6.45, 7) is 5.52. The number of nitrogens with zero attached hydrogens (tertiary/aromatic N) is 2. The number of halogens is 1. The van der Waals surface area contributed by atoms with Gasteiger partial charge in [-0.05, 0) is 32.1 Å². The van der Waals surface area contributed by atoms with Crippen molar-refractivity contribution >= 4 is 21.6 Å². The van der Waals surface area contributed by atoms with E-state index in [2.05, 4.69) is 52.8 Å². The maximum Gasteiger partial charge on any atom is 0.0371 e. The summed E-state index contributed by atoms with van der Waals surface area (Å²) >= 11 is 3.60. The van der Waals surface area contributed by atoms with Crippen molar-refractivity contribution in [2.24, 2.45) is 5.92 Å². The van der Waals surface area contributed by atoms with Gasteiger partial charge < -0.3 is 10.6 Å². The average Bonchev–Trinajstić information content (AvgIpc) is 2.65. The standard InChI is InChI=1S/C14H22BrN3/c1-10-7-18(9-14(10)17(2)3)8-11-12(15)5-4-6-13(11)16/h4-6,10,14H,7-9,16H2,1-3H3. The number of anilines is 1. The Bertz CT molecular complexity index is 399. The van der Waals surface area contributed by atoms with E-state index in [-0.39, 0.29) is 0 Å². The molecule has 0 radical (unpaired) electrons. The Morgan fingerprint density at radius 1 is 1.39 bits per heavy atom. The highest BCUT2D eigenvalue weighted by atomic mass is 79.9. The van der Waals surface area contributed by atoms with Crippen molar-refractivity contribution in [3.63, 3.8) is 0 Å². The number of hydrogen-bond acceptors (Lipinski definition) is 3. The molecule has 0 spiro atoms. The number of likely N-dealkylation sites (N-methyl/N-ethyl adjacent to an activating group) is 1. The summed E-state index contributed by atoms with van der Waals surface area (Å²) in [5.74, 6) is 0.712. The third-order valence-electron chi connectivity index (χ3n) is 3.85. The second kappa shape index (κ2) is 5.59. The predicted octanol–water partition coefficient (Wildman–Crippen LogP) is 2.41. The number of benzene rings is 1. The SMILES string of the molecule is CC1CN(Cc2c(N)cccc2Br)CC1N(C)C. The summed E-state index contributed by atoms with van der Waals surface area (Å²) in [4.78, 5) is 4.82. The van der Waals surface area contributed by atoms with Gasteiger partial charge in [0.05, 0.1) is 0 Å². The Labute approximate surface area is 118 Å². The van der Waals surface area contributed by atoms with Crippen LogP contribution in [0.1, 0.15) is 12.5 Å². The molecule has 1 aromatic rings. The van der Waals surface area contributed by atoms with Crippen LogP contribution in [0.25, 0.3) is 0 Å². The highest BCUT2D eigenvalue weighted by molar-refractivity contribution is 9.10. The van der Waals surface area contributed by atoms with E-state index >= 15 is 0 Å².